The summed E-state index contributed by atoms with van der Waals surface area (Å²) >= 11 is 0. The van der Waals surface area contributed by atoms with Gasteiger partial charge >= 0.3 is 0 Å². The normalized spacial score (nSPS) is 16.4. The number of methoxy groups -OCH3 is 2. The summed E-state index contributed by atoms with van der Waals surface area (Å²) < 4.78 is 16.4. The zero-order valence-electron chi connectivity index (χ0n) is 18.4. The minimum atomic E-state index is -0.0971. The van der Waals surface area contributed by atoms with Crippen LogP contribution in [0.1, 0.15) is 47.8 Å². The van der Waals surface area contributed by atoms with Gasteiger partial charge in [0.2, 0.25) is 5.91 Å². The maximum atomic E-state index is 13.4. The van der Waals surface area contributed by atoms with E-state index in [-0.39, 0.29) is 18.4 Å². The summed E-state index contributed by atoms with van der Waals surface area (Å²) in [6, 6.07) is 5.42. The van der Waals surface area contributed by atoms with Crippen LogP contribution in [-0.4, -0.2) is 46.9 Å². The van der Waals surface area contributed by atoms with Crippen LogP contribution in [0.25, 0.3) is 11.3 Å². The van der Waals surface area contributed by atoms with Gasteiger partial charge in [0.25, 0.3) is 0 Å². The lowest BCUT2D eigenvalue weighted by Gasteiger charge is -2.35. The Balaban J connectivity index is 1.63. The van der Waals surface area contributed by atoms with Crippen molar-refractivity contribution in [1.82, 2.24) is 20.3 Å². The molecule has 1 saturated heterocycles. The minimum absolute atomic E-state index is 0.0438. The quantitative estimate of drug-likeness (QED) is 0.643. The second-order valence-corrected chi connectivity index (χ2v) is 7.87. The van der Waals surface area contributed by atoms with E-state index in [4.69, 9.17) is 14.0 Å². The molecule has 1 aliphatic rings. The lowest BCUT2D eigenvalue weighted by Crippen LogP contribution is -2.39. The molecule has 1 amide bonds. The number of amides is 1. The van der Waals surface area contributed by atoms with Crippen LogP contribution < -0.4 is 9.47 Å². The largest absolute Gasteiger partial charge is 0.497 e. The number of nitrogens with zero attached hydrogens (tertiary/aromatic N) is 3. The monoisotopic (exact) mass is 424 g/mol. The fraction of sp³-hybridized carbons (Fsp3) is 0.435. The summed E-state index contributed by atoms with van der Waals surface area (Å²) in [5.74, 6) is 2.12. The Kier molecular flexibility index (Phi) is 5.97. The van der Waals surface area contributed by atoms with Gasteiger partial charge in [-0.3, -0.25) is 9.89 Å². The highest BCUT2D eigenvalue weighted by atomic mass is 16.5. The third-order valence-electron chi connectivity index (χ3n) is 6.06. The van der Waals surface area contributed by atoms with Gasteiger partial charge in [-0.05, 0) is 51.3 Å². The van der Waals surface area contributed by atoms with Crippen molar-refractivity contribution < 1.29 is 18.8 Å². The standard InChI is InChI=1S/C23H28N4O4/c1-14-15(2)26-31-23(14)18-13-24-25-22(18)19-7-5-6-10-27(19)21(28)12-16-11-17(29-3)8-9-20(16)30-4/h8-9,11,13,19H,5-7,10,12H2,1-4H3,(H,24,25). The van der Waals surface area contributed by atoms with Gasteiger partial charge in [0.05, 0.1) is 49.8 Å². The molecule has 0 radical (unpaired) electrons. The smallest absolute Gasteiger partial charge is 0.227 e. The number of piperidine rings is 1. The maximum absolute atomic E-state index is 13.4. The predicted octanol–water partition coefficient (Wildman–Crippen LogP) is 4.00. The zero-order valence-corrected chi connectivity index (χ0v) is 18.4. The van der Waals surface area contributed by atoms with E-state index in [0.717, 1.165) is 47.3 Å². The van der Waals surface area contributed by atoms with Crippen LogP contribution in [0.4, 0.5) is 0 Å². The first-order valence-corrected chi connectivity index (χ1v) is 10.5. The molecule has 1 unspecified atom stereocenters. The number of aryl methyl sites for hydroxylation is 1. The van der Waals surface area contributed by atoms with Gasteiger partial charge in [-0.15, -0.1) is 0 Å². The van der Waals surface area contributed by atoms with Crippen LogP contribution in [0.5, 0.6) is 11.5 Å². The van der Waals surface area contributed by atoms with Crippen molar-refractivity contribution in [3.05, 3.63) is 46.9 Å². The Bertz CT molecular complexity index is 1070. The van der Waals surface area contributed by atoms with Gasteiger partial charge in [-0.1, -0.05) is 5.16 Å². The minimum Gasteiger partial charge on any atom is -0.497 e. The molecule has 0 bridgehead atoms. The molecule has 8 heteroatoms. The molecule has 8 nitrogen and oxygen atoms in total. The lowest BCUT2D eigenvalue weighted by atomic mass is 9.94. The molecule has 1 aromatic carbocycles. The Hall–Kier alpha value is -3.29. The highest BCUT2D eigenvalue weighted by Crippen LogP contribution is 2.38. The van der Waals surface area contributed by atoms with Crippen molar-refractivity contribution in [2.75, 3.05) is 20.8 Å². The Morgan fingerprint density at radius 3 is 2.81 bits per heavy atom. The van der Waals surface area contributed by atoms with Gasteiger partial charge in [0.15, 0.2) is 5.76 Å². The van der Waals surface area contributed by atoms with E-state index >= 15 is 0 Å². The third kappa shape index (κ3) is 4.02. The van der Waals surface area contributed by atoms with Crippen molar-refractivity contribution in [1.29, 1.82) is 0 Å². The van der Waals surface area contributed by atoms with Gasteiger partial charge in [-0.25, -0.2) is 0 Å². The molecule has 3 heterocycles. The second kappa shape index (κ2) is 8.83. The highest BCUT2D eigenvalue weighted by Gasteiger charge is 2.32. The summed E-state index contributed by atoms with van der Waals surface area (Å²) in [4.78, 5) is 15.4. The number of likely N-dealkylation sites (tertiary alicyclic amines) is 1. The maximum Gasteiger partial charge on any atom is 0.227 e. The Morgan fingerprint density at radius 2 is 2.10 bits per heavy atom. The number of rotatable bonds is 6. The van der Waals surface area contributed by atoms with Crippen LogP contribution in [0.2, 0.25) is 0 Å². The van der Waals surface area contributed by atoms with Gasteiger partial charge in [0, 0.05) is 17.7 Å². The zero-order chi connectivity index (χ0) is 22.0. The number of aromatic amines is 1. The number of hydrogen-bond donors (Lipinski definition) is 1. The van der Waals surface area contributed by atoms with Crippen LogP contribution in [-0.2, 0) is 11.2 Å². The van der Waals surface area contributed by atoms with Crippen LogP contribution in [0.3, 0.4) is 0 Å². The summed E-state index contributed by atoms with van der Waals surface area (Å²) in [7, 11) is 3.22. The first-order chi connectivity index (χ1) is 15.0. The average Bonchev–Trinajstić information content (AvgIpc) is 3.40. The van der Waals surface area contributed by atoms with Crippen molar-refractivity contribution >= 4 is 5.91 Å². The summed E-state index contributed by atoms with van der Waals surface area (Å²) in [6.07, 6.45) is 4.87. The fourth-order valence-electron chi connectivity index (χ4n) is 4.21. The van der Waals surface area contributed by atoms with Crippen LogP contribution in [0, 0.1) is 13.8 Å². The lowest BCUT2D eigenvalue weighted by molar-refractivity contribution is -0.134. The molecule has 2 aromatic heterocycles. The molecule has 31 heavy (non-hydrogen) atoms. The Labute approximate surface area is 181 Å². The van der Waals surface area contributed by atoms with Crippen LogP contribution in [0.15, 0.2) is 28.9 Å². The number of nitrogens with one attached hydrogen (secondary N) is 1. The van der Waals surface area contributed by atoms with E-state index in [0.29, 0.717) is 23.8 Å². The van der Waals surface area contributed by atoms with E-state index in [1.807, 2.05) is 36.9 Å². The van der Waals surface area contributed by atoms with E-state index in [9.17, 15) is 4.79 Å². The molecule has 1 fully saturated rings. The van der Waals surface area contributed by atoms with Gasteiger partial charge < -0.3 is 18.9 Å². The number of H-pyrrole nitrogens is 1. The molecular formula is C23H28N4O4. The van der Waals surface area contributed by atoms with Gasteiger partial charge in [-0.2, -0.15) is 5.10 Å². The molecular weight excluding hydrogens is 396 g/mol. The van der Waals surface area contributed by atoms with Crippen molar-refractivity contribution in [3.63, 3.8) is 0 Å². The van der Waals surface area contributed by atoms with E-state index in [1.54, 1.807) is 20.4 Å². The van der Waals surface area contributed by atoms with Crippen LogP contribution >= 0.6 is 0 Å². The van der Waals surface area contributed by atoms with E-state index in [2.05, 4.69) is 15.4 Å². The molecule has 1 atom stereocenters. The van der Waals surface area contributed by atoms with Crippen molar-refractivity contribution in [2.24, 2.45) is 0 Å². The van der Waals surface area contributed by atoms with E-state index in [1.165, 1.54) is 0 Å². The Morgan fingerprint density at radius 1 is 1.26 bits per heavy atom. The van der Waals surface area contributed by atoms with E-state index < -0.39 is 0 Å². The summed E-state index contributed by atoms with van der Waals surface area (Å²) in [6.45, 7) is 4.60. The topological polar surface area (TPSA) is 93.5 Å². The number of hydrogen-bond acceptors (Lipinski definition) is 6. The summed E-state index contributed by atoms with van der Waals surface area (Å²) in [5.41, 5.74) is 4.40. The first-order valence-electron chi connectivity index (χ1n) is 10.5. The molecule has 164 valence electrons. The number of carbonyl (C=O) groups excluding carboxylic acids is 1. The molecule has 4 rings (SSSR count). The molecule has 0 spiro atoms. The first kappa shape index (κ1) is 21.0. The SMILES string of the molecule is COc1ccc(OC)c(CC(=O)N2CCCCC2c2[nH]ncc2-c2onc(C)c2C)c1. The second-order valence-electron chi connectivity index (χ2n) is 7.87. The van der Waals surface area contributed by atoms with Crippen molar-refractivity contribution in [3.8, 4) is 22.8 Å². The molecule has 1 N–H and O–H groups in total. The summed E-state index contributed by atoms with van der Waals surface area (Å²) in [5, 5.41) is 11.5. The van der Waals surface area contributed by atoms with Gasteiger partial charge in [0.1, 0.15) is 11.5 Å². The molecule has 0 saturated carbocycles. The highest BCUT2D eigenvalue weighted by molar-refractivity contribution is 5.80. The number of aromatic nitrogens is 3. The fourth-order valence-corrected chi connectivity index (χ4v) is 4.21. The predicted molar refractivity (Wildman–Crippen MR) is 115 cm³/mol. The number of benzene rings is 1. The number of carbonyl (C=O) groups is 1. The van der Waals surface area contributed by atoms with Crippen molar-refractivity contribution in [2.45, 2.75) is 45.6 Å². The molecule has 0 aliphatic carbocycles. The average molecular weight is 425 g/mol. The third-order valence-corrected chi connectivity index (χ3v) is 6.06. The molecule has 3 aromatic rings. The number of ether oxygens (including phenoxy) is 2. The molecule has 1 aliphatic heterocycles.